The maximum atomic E-state index is 5.92. The molecule has 1 aromatic carbocycles. The van der Waals surface area contributed by atoms with Gasteiger partial charge in [0, 0.05) is 18.1 Å². The fourth-order valence-corrected chi connectivity index (χ4v) is 1.83. The molecular weight excluding hydrogens is 208 g/mol. The quantitative estimate of drug-likeness (QED) is 0.836. The highest BCUT2D eigenvalue weighted by Crippen LogP contribution is 2.12. The second kappa shape index (κ2) is 6.11. The van der Waals surface area contributed by atoms with Gasteiger partial charge < -0.3 is 10.6 Å². The van der Waals surface area contributed by atoms with Gasteiger partial charge in [0.05, 0.1) is 0 Å². The van der Waals surface area contributed by atoms with Crippen molar-refractivity contribution in [2.45, 2.75) is 13.5 Å². The maximum absolute atomic E-state index is 5.92. The van der Waals surface area contributed by atoms with Gasteiger partial charge in [-0.2, -0.15) is 0 Å². The molecule has 15 heavy (non-hydrogen) atoms. The molecule has 1 unspecified atom stereocenters. The van der Waals surface area contributed by atoms with E-state index in [1.807, 2.05) is 18.2 Å². The van der Waals surface area contributed by atoms with Crippen LogP contribution in [0, 0.1) is 5.92 Å². The monoisotopic (exact) mass is 226 g/mol. The van der Waals surface area contributed by atoms with Crippen molar-refractivity contribution in [2.75, 3.05) is 20.1 Å². The molecule has 84 valence electrons. The van der Waals surface area contributed by atoms with Gasteiger partial charge in [0.25, 0.3) is 0 Å². The molecule has 0 bridgehead atoms. The van der Waals surface area contributed by atoms with Crippen molar-refractivity contribution in [3.05, 3.63) is 34.9 Å². The highest BCUT2D eigenvalue weighted by Gasteiger charge is 2.05. The van der Waals surface area contributed by atoms with Crippen LogP contribution in [0.15, 0.2) is 24.3 Å². The average Bonchev–Trinajstić information content (AvgIpc) is 2.17. The Kier molecular flexibility index (Phi) is 5.09. The summed E-state index contributed by atoms with van der Waals surface area (Å²) in [5, 5.41) is 0.799. The Balaban J connectivity index is 2.47. The minimum Gasteiger partial charge on any atom is -0.330 e. The van der Waals surface area contributed by atoms with E-state index in [1.54, 1.807) is 0 Å². The molecule has 1 atom stereocenters. The van der Waals surface area contributed by atoms with Gasteiger partial charge in [-0.1, -0.05) is 30.7 Å². The zero-order valence-electron chi connectivity index (χ0n) is 9.41. The van der Waals surface area contributed by atoms with Crippen molar-refractivity contribution in [1.82, 2.24) is 4.90 Å². The van der Waals surface area contributed by atoms with Crippen LogP contribution in [-0.2, 0) is 6.54 Å². The van der Waals surface area contributed by atoms with Gasteiger partial charge in [0.15, 0.2) is 0 Å². The molecule has 1 rings (SSSR count). The molecule has 0 aliphatic rings. The summed E-state index contributed by atoms with van der Waals surface area (Å²) in [6, 6.07) is 7.98. The van der Waals surface area contributed by atoms with Gasteiger partial charge in [-0.3, -0.25) is 0 Å². The Morgan fingerprint density at radius 2 is 2.20 bits per heavy atom. The van der Waals surface area contributed by atoms with Gasteiger partial charge in [0.1, 0.15) is 0 Å². The Morgan fingerprint density at radius 3 is 2.80 bits per heavy atom. The Labute approximate surface area is 97.0 Å². The summed E-state index contributed by atoms with van der Waals surface area (Å²) in [5.74, 6) is 0.536. The van der Waals surface area contributed by atoms with E-state index in [-0.39, 0.29) is 0 Å². The highest BCUT2D eigenvalue weighted by molar-refractivity contribution is 6.30. The van der Waals surface area contributed by atoms with E-state index in [0.29, 0.717) is 5.92 Å². The molecule has 0 fully saturated rings. The van der Waals surface area contributed by atoms with Crippen LogP contribution in [-0.4, -0.2) is 25.0 Å². The van der Waals surface area contributed by atoms with Crippen LogP contribution in [0.3, 0.4) is 0 Å². The zero-order valence-corrected chi connectivity index (χ0v) is 10.2. The molecule has 0 aliphatic heterocycles. The van der Waals surface area contributed by atoms with Crippen molar-refractivity contribution < 1.29 is 0 Å². The van der Waals surface area contributed by atoms with E-state index in [1.165, 1.54) is 5.56 Å². The first-order chi connectivity index (χ1) is 7.11. The van der Waals surface area contributed by atoms with Gasteiger partial charge in [-0.25, -0.2) is 0 Å². The fraction of sp³-hybridized carbons (Fsp3) is 0.500. The summed E-state index contributed by atoms with van der Waals surface area (Å²) < 4.78 is 0. The van der Waals surface area contributed by atoms with Crippen molar-refractivity contribution in [3.8, 4) is 0 Å². The molecule has 2 N–H and O–H groups in total. The maximum Gasteiger partial charge on any atom is 0.0409 e. The number of hydrogen-bond donors (Lipinski definition) is 1. The van der Waals surface area contributed by atoms with E-state index < -0.39 is 0 Å². The first-order valence-corrected chi connectivity index (χ1v) is 5.62. The summed E-state index contributed by atoms with van der Waals surface area (Å²) in [6.07, 6.45) is 0. The van der Waals surface area contributed by atoms with E-state index >= 15 is 0 Å². The van der Waals surface area contributed by atoms with Crippen molar-refractivity contribution in [3.63, 3.8) is 0 Å². The van der Waals surface area contributed by atoms with Gasteiger partial charge in [-0.05, 0) is 37.2 Å². The van der Waals surface area contributed by atoms with Crippen LogP contribution >= 0.6 is 11.6 Å². The lowest BCUT2D eigenvalue weighted by molar-refractivity contribution is 0.282. The number of halogens is 1. The smallest absolute Gasteiger partial charge is 0.0409 e. The van der Waals surface area contributed by atoms with Gasteiger partial charge in [-0.15, -0.1) is 0 Å². The van der Waals surface area contributed by atoms with Crippen LogP contribution in [0.5, 0.6) is 0 Å². The van der Waals surface area contributed by atoms with E-state index in [2.05, 4.69) is 24.9 Å². The number of benzene rings is 1. The van der Waals surface area contributed by atoms with Crippen LogP contribution < -0.4 is 5.73 Å². The molecule has 0 saturated heterocycles. The topological polar surface area (TPSA) is 29.3 Å². The first-order valence-electron chi connectivity index (χ1n) is 5.25. The molecule has 3 heteroatoms. The number of nitrogens with zero attached hydrogens (tertiary/aromatic N) is 1. The minimum atomic E-state index is 0.536. The van der Waals surface area contributed by atoms with Crippen LogP contribution in [0.2, 0.25) is 5.02 Å². The van der Waals surface area contributed by atoms with Gasteiger partial charge >= 0.3 is 0 Å². The summed E-state index contributed by atoms with van der Waals surface area (Å²) in [6.45, 7) is 4.84. The lowest BCUT2D eigenvalue weighted by Gasteiger charge is -2.20. The van der Waals surface area contributed by atoms with E-state index in [9.17, 15) is 0 Å². The normalized spacial score (nSPS) is 13.1. The fourth-order valence-electron chi connectivity index (χ4n) is 1.62. The lowest BCUT2D eigenvalue weighted by atomic mass is 10.1. The zero-order chi connectivity index (χ0) is 11.3. The van der Waals surface area contributed by atoms with Gasteiger partial charge in [0.2, 0.25) is 0 Å². The van der Waals surface area contributed by atoms with Crippen molar-refractivity contribution in [1.29, 1.82) is 0 Å². The highest BCUT2D eigenvalue weighted by atomic mass is 35.5. The number of nitrogens with two attached hydrogens (primary N) is 1. The third kappa shape index (κ3) is 4.65. The molecule has 0 amide bonds. The Bertz CT molecular complexity index is 301. The molecule has 0 aliphatic carbocycles. The van der Waals surface area contributed by atoms with E-state index in [4.69, 9.17) is 17.3 Å². The number of hydrogen-bond acceptors (Lipinski definition) is 2. The predicted molar refractivity (Wildman–Crippen MR) is 66.0 cm³/mol. The largest absolute Gasteiger partial charge is 0.330 e. The van der Waals surface area contributed by atoms with Crippen LogP contribution in [0.1, 0.15) is 12.5 Å². The Morgan fingerprint density at radius 1 is 1.47 bits per heavy atom. The molecule has 2 nitrogen and oxygen atoms in total. The second-order valence-corrected chi connectivity index (χ2v) is 4.60. The number of rotatable bonds is 5. The molecule has 0 radical (unpaired) electrons. The molecule has 0 aromatic heterocycles. The lowest BCUT2D eigenvalue weighted by Crippen LogP contribution is -2.28. The second-order valence-electron chi connectivity index (χ2n) is 4.17. The van der Waals surface area contributed by atoms with Crippen molar-refractivity contribution in [2.24, 2.45) is 11.7 Å². The summed E-state index contributed by atoms with van der Waals surface area (Å²) in [7, 11) is 2.10. The molecule has 0 spiro atoms. The summed E-state index contributed by atoms with van der Waals surface area (Å²) in [5.41, 5.74) is 6.83. The van der Waals surface area contributed by atoms with Crippen molar-refractivity contribution >= 4 is 11.6 Å². The molecule has 0 heterocycles. The SMILES string of the molecule is CC(CN)CN(C)Cc1cccc(Cl)c1. The molecule has 0 saturated carbocycles. The standard InChI is InChI=1S/C12H19ClN2/c1-10(7-14)8-15(2)9-11-4-3-5-12(13)6-11/h3-6,10H,7-9,14H2,1-2H3. The summed E-state index contributed by atoms with van der Waals surface area (Å²) >= 11 is 5.92. The third-order valence-electron chi connectivity index (χ3n) is 2.37. The minimum absolute atomic E-state index is 0.536. The molecule has 1 aromatic rings. The van der Waals surface area contributed by atoms with Crippen LogP contribution in [0.4, 0.5) is 0 Å². The average molecular weight is 227 g/mol. The Hall–Kier alpha value is -0.570. The van der Waals surface area contributed by atoms with Crippen LogP contribution in [0.25, 0.3) is 0 Å². The van der Waals surface area contributed by atoms with E-state index in [0.717, 1.165) is 24.7 Å². The third-order valence-corrected chi connectivity index (χ3v) is 2.60. The summed E-state index contributed by atoms with van der Waals surface area (Å²) in [4.78, 5) is 2.27. The first kappa shape index (κ1) is 12.5. The predicted octanol–water partition coefficient (Wildman–Crippen LogP) is 2.37. The molecular formula is C12H19ClN2.